The van der Waals surface area contributed by atoms with E-state index in [1.807, 2.05) is 40.1 Å². The first kappa shape index (κ1) is 15.9. The van der Waals surface area contributed by atoms with Gasteiger partial charge in [0.05, 0.1) is 0 Å². The maximum atomic E-state index is 13.1. The van der Waals surface area contributed by atoms with Crippen LogP contribution in [0.5, 0.6) is 0 Å². The van der Waals surface area contributed by atoms with E-state index in [0.717, 1.165) is 51.0 Å². The highest BCUT2D eigenvalue weighted by Crippen LogP contribution is 2.28. The van der Waals surface area contributed by atoms with E-state index in [1.165, 1.54) is 5.56 Å². The van der Waals surface area contributed by atoms with E-state index >= 15 is 0 Å². The number of carbonyl (C=O) groups is 2. The van der Waals surface area contributed by atoms with E-state index in [-0.39, 0.29) is 11.8 Å². The number of nitrogens with zero attached hydrogens (tertiary/aromatic N) is 2. The molecule has 1 saturated heterocycles. The molecule has 2 aliphatic rings. The van der Waals surface area contributed by atoms with Crippen molar-refractivity contribution in [1.82, 2.24) is 4.90 Å². The van der Waals surface area contributed by atoms with Crippen molar-refractivity contribution in [3.63, 3.8) is 0 Å². The van der Waals surface area contributed by atoms with Gasteiger partial charge in [0.1, 0.15) is 0 Å². The van der Waals surface area contributed by atoms with Crippen molar-refractivity contribution in [3.8, 4) is 0 Å². The van der Waals surface area contributed by atoms with E-state index in [1.54, 1.807) is 12.1 Å². The van der Waals surface area contributed by atoms with E-state index in [4.69, 9.17) is 0 Å². The van der Waals surface area contributed by atoms with Crippen LogP contribution in [0.25, 0.3) is 0 Å². The molecule has 128 valence electrons. The molecule has 0 N–H and O–H groups in total. The number of para-hydroxylation sites is 1. The van der Waals surface area contributed by atoms with E-state index < -0.39 is 0 Å². The van der Waals surface area contributed by atoms with Crippen LogP contribution in [0.1, 0.15) is 45.5 Å². The Hall–Kier alpha value is -2.62. The van der Waals surface area contributed by atoms with Crippen molar-refractivity contribution >= 4 is 17.5 Å². The highest BCUT2D eigenvalue weighted by molar-refractivity contribution is 6.08. The first-order valence-corrected chi connectivity index (χ1v) is 9.03. The van der Waals surface area contributed by atoms with Crippen molar-refractivity contribution in [2.75, 3.05) is 24.5 Å². The Morgan fingerprint density at radius 2 is 1.48 bits per heavy atom. The van der Waals surface area contributed by atoms with Crippen LogP contribution in [0.2, 0.25) is 0 Å². The maximum Gasteiger partial charge on any atom is 0.258 e. The zero-order valence-electron chi connectivity index (χ0n) is 14.3. The number of fused-ring (bicyclic) bond motifs is 1. The largest absolute Gasteiger partial charge is 0.339 e. The van der Waals surface area contributed by atoms with Gasteiger partial charge in [0.25, 0.3) is 11.8 Å². The molecule has 2 aliphatic heterocycles. The van der Waals surface area contributed by atoms with Gasteiger partial charge in [0, 0.05) is 36.4 Å². The first-order chi connectivity index (χ1) is 12.2. The Labute approximate surface area is 148 Å². The minimum atomic E-state index is -0.0248. The summed E-state index contributed by atoms with van der Waals surface area (Å²) >= 11 is 0. The molecule has 4 heteroatoms. The molecule has 0 unspecified atom stereocenters. The van der Waals surface area contributed by atoms with Crippen LogP contribution in [0.4, 0.5) is 5.69 Å². The predicted octanol–water partition coefficient (Wildman–Crippen LogP) is 3.52. The quantitative estimate of drug-likeness (QED) is 0.843. The fraction of sp³-hybridized carbons (Fsp3) is 0.333. The van der Waals surface area contributed by atoms with Crippen molar-refractivity contribution in [2.24, 2.45) is 0 Å². The van der Waals surface area contributed by atoms with Gasteiger partial charge in [-0.1, -0.05) is 24.3 Å². The van der Waals surface area contributed by atoms with Crippen molar-refractivity contribution < 1.29 is 9.59 Å². The Morgan fingerprint density at radius 1 is 0.760 bits per heavy atom. The molecule has 0 saturated carbocycles. The summed E-state index contributed by atoms with van der Waals surface area (Å²) in [6.07, 6.45) is 4.10. The molecule has 2 amide bonds. The number of carbonyl (C=O) groups excluding carboxylic acids is 2. The third kappa shape index (κ3) is 3.04. The molecule has 4 nitrogen and oxygen atoms in total. The second-order valence-electron chi connectivity index (χ2n) is 6.77. The smallest absolute Gasteiger partial charge is 0.258 e. The average molecular weight is 334 g/mol. The molecular weight excluding hydrogens is 312 g/mol. The summed E-state index contributed by atoms with van der Waals surface area (Å²) in [6.45, 7) is 2.35. The number of aryl methyl sites for hydroxylation is 1. The first-order valence-electron chi connectivity index (χ1n) is 9.03. The third-order valence-electron chi connectivity index (χ3n) is 5.11. The van der Waals surface area contributed by atoms with E-state index in [0.29, 0.717) is 11.1 Å². The molecule has 0 bridgehead atoms. The zero-order chi connectivity index (χ0) is 17.2. The lowest BCUT2D eigenvalue weighted by Crippen LogP contribution is -2.35. The molecule has 0 atom stereocenters. The second-order valence-corrected chi connectivity index (χ2v) is 6.77. The third-order valence-corrected chi connectivity index (χ3v) is 5.11. The van der Waals surface area contributed by atoms with Crippen LogP contribution in [0.3, 0.4) is 0 Å². The van der Waals surface area contributed by atoms with Gasteiger partial charge in [-0.2, -0.15) is 0 Å². The fourth-order valence-corrected chi connectivity index (χ4v) is 3.79. The summed E-state index contributed by atoms with van der Waals surface area (Å²) in [5, 5.41) is 0. The lowest BCUT2D eigenvalue weighted by molar-refractivity contribution is 0.0793. The number of hydrogen-bond acceptors (Lipinski definition) is 2. The molecule has 0 spiro atoms. The molecule has 2 aromatic carbocycles. The van der Waals surface area contributed by atoms with Gasteiger partial charge in [-0.05, 0) is 55.5 Å². The summed E-state index contributed by atoms with van der Waals surface area (Å²) < 4.78 is 0. The Bertz CT molecular complexity index is 809. The van der Waals surface area contributed by atoms with Gasteiger partial charge >= 0.3 is 0 Å². The van der Waals surface area contributed by atoms with Crippen LogP contribution < -0.4 is 4.90 Å². The standard InChI is InChI=1S/C21H22N2O2/c24-20(22-12-3-4-13-22)17-8-5-9-18(15-17)21(25)23-14-6-10-16-7-1-2-11-19(16)23/h1-2,5,7-9,11,15H,3-4,6,10,12-14H2. The molecular formula is C21H22N2O2. The predicted molar refractivity (Wildman–Crippen MR) is 98.0 cm³/mol. The lowest BCUT2D eigenvalue weighted by Gasteiger charge is -2.29. The van der Waals surface area contributed by atoms with Gasteiger partial charge in [-0.25, -0.2) is 0 Å². The topological polar surface area (TPSA) is 40.6 Å². The minimum absolute atomic E-state index is 0.0248. The molecule has 2 heterocycles. The average Bonchev–Trinajstić information content (AvgIpc) is 3.21. The SMILES string of the molecule is O=C(c1cccc(C(=O)N2CCCc3ccccc32)c1)N1CCCC1. The lowest BCUT2D eigenvalue weighted by atomic mass is 10.0. The summed E-state index contributed by atoms with van der Waals surface area (Å²) in [5.41, 5.74) is 3.40. The van der Waals surface area contributed by atoms with E-state index in [9.17, 15) is 9.59 Å². The Balaban J connectivity index is 1.61. The van der Waals surface area contributed by atoms with Crippen molar-refractivity contribution in [2.45, 2.75) is 25.7 Å². The van der Waals surface area contributed by atoms with Gasteiger partial charge in [0.2, 0.25) is 0 Å². The van der Waals surface area contributed by atoms with Crippen LogP contribution in [-0.2, 0) is 6.42 Å². The zero-order valence-corrected chi connectivity index (χ0v) is 14.3. The number of anilines is 1. The highest BCUT2D eigenvalue weighted by Gasteiger charge is 2.25. The number of likely N-dealkylation sites (tertiary alicyclic amines) is 1. The van der Waals surface area contributed by atoms with Gasteiger partial charge < -0.3 is 9.80 Å². The molecule has 0 aliphatic carbocycles. The van der Waals surface area contributed by atoms with Crippen molar-refractivity contribution in [1.29, 1.82) is 0 Å². The molecule has 25 heavy (non-hydrogen) atoms. The molecule has 2 aromatic rings. The van der Waals surface area contributed by atoms with Gasteiger partial charge in [-0.15, -0.1) is 0 Å². The highest BCUT2D eigenvalue weighted by atomic mass is 16.2. The summed E-state index contributed by atoms with van der Waals surface area (Å²) in [5.74, 6) is 0.00872. The van der Waals surface area contributed by atoms with Crippen molar-refractivity contribution in [3.05, 3.63) is 65.2 Å². The monoisotopic (exact) mass is 334 g/mol. The van der Waals surface area contributed by atoms with Crippen LogP contribution in [0.15, 0.2) is 48.5 Å². The van der Waals surface area contributed by atoms with Crippen LogP contribution in [0, 0.1) is 0 Å². The van der Waals surface area contributed by atoms with Gasteiger partial charge in [-0.3, -0.25) is 9.59 Å². The fourth-order valence-electron chi connectivity index (χ4n) is 3.79. The minimum Gasteiger partial charge on any atom is -0.339 e. The van der Waals surface area contributed by atoms with Crippen LogP contribution in [-0.4, -0.2) is 36.3 Å². The number of hydrogen-bond donors (Lipinski definition) is 0. The number of amides is 2. The number of benzene rings is 2. The Kier molecular flexibility index (Phi) is 4.26. The summed E-state index contributed by atoms with van der Waals surface area (Å²) in [6, 6.07) is 15.3. The Morgan fingerprint density at radius 3 is 2.28 bits per heavy atom. The summed E-state index contributed by atoms with van der Waals surface area (Å²) in [4.78, 5) is 29.4. The molecule has 1 fully saturated rings. The summed E-state index contributed by atoms with van der Waals surface area (Å²) in [7, 11) is 0. The maximum absolute atomic E-state index is 13.1. The van der Waals surface area contributed by atoms with E-state index in [2.05, 4.69) is 6.07 Å². The van der Waals surface area contributed by atoms with Crippen LogP contribution >= 0.6 is 0 Å². The number of rotatable bonds is 2. The van der Waals surface area contributed by atoms with Gasteiger partial charge in [0.15, 0.2) is 0 Å². The second kappa shape index (κ2) is 6.71. The molecule has 4 rings (SSSR count). The molecule has 0 aromatic heterocycles. The molecule has 0 radical (unpaired) electrons. The normalized spacial score (nSPS) is 16.6.